The molecule has 90 valence electrons. The molecule has 0 spiro atoms. The van der Waals surface area contributed by atoms with Crippen LogP contribution in [0, 0.1) is 17.2 Å². The van der Waals surface area contributed by atoms with Crippen LogP contribution < -0.4 is 0 Å². The van der Waals surface area contributed by atoms with E-state index in [1.165, 1.54) is 0 Å². The van der Waals surface area contributed by atoms with Gasteiger partial charge in [0, 0.05) is 16.7 Å². The highest BCUT2D eigenvalue weighted by molar-refractivity contribution is 7.92. The van der Waals surface area contributed by atoms with Gasteiger partial charge in [0.05, 0.1) is 17.2 Å². The molecule has 0 N–H and O–H groups in total. The Balaban J connectivity index is 2.34. The van der Waals surface area contributed by atoms with Gasteiger partial charge in [0.2, 0.25) is 0 Å². The third kappa shape index (κ3) is 2.18. The Labute approximate surface area is 106 Å². The van der Waals surface area contributed by atoms with E-state index in [4.69, 9.17) is 16.9 Å². The van der Waals surface area contributed by atoms with Gasteiger partial charge < -0.3 is 0 Å². The van der Waals surface area contributed by atoms with Crippen LogP contribution >= 0.6 is 11.6 Å². The lowest BCUT2D eigenvalue weighted by molar-refractivity contribution is 0.594. The van der Waals surface area contributed by atoms with Crippen molar-refractivity contribution >= 4 is 21.4 Å². The summed E-state index contributed by atoms with van der Waals surface area (Å²) in [5, 5.41) is 9.00. The average Bonchev–Trinajstić information content (AvgIpc) is 3.04. The van der Waals surface area contributed by atoms with Crippen molar-refractivity contribution in [2.45, 2.75) is 18.1 Å². The molecule has 2 rings (SSSR count). The first kappa shape index (κ1) is 12.4. The summed E-state index contributed by atoms with van der Waals surface area (Å²) in [5.41, 5.74) is 0.839. The van der Waals surface area contributed by atoms with Crippen LogP contribution in [-0.4, -0.2) is 19.4 Å². The SMILES string of the molecule is CCS(=O)(=O)[C@H]1[C@@H](C#N)[C@@H]1c1cccc(Cl)c1. The molecular formula is C12H12ClNO2S. The molecular weight excluding hydrogens is 258 g/mol. The van der Waals surface area contributed by atoms with Crippen molar-refractivity contribution < 1.29 is 8.42 Å². The monoisotopic (exact) mass is 269 g/mol. The molecule has 17 heavy (non-hydrogen) atoms. The van der Waals surface area contributed by atoms with E-state index in [1.54, 1.807) is 25.1 Å². The van der Waals surface area contributed by atoms with Gasteiger partial charge in [-0.2, -0.15) is 5.26 Å². The molecule has 0 aliphatic heterocycles. The van der Waals surface area contributed by atoms with Gasteiger partial charge in [0.1, 0.15) is 0 Å². The van der Waals surface area contributed by atoms with Gasteiger partial charge in [-0.15, -0.1) is 0 Å². The zero-order valence-electron chi connectivity index (χ0n) is 9.30. The maximum absolute atomic E-state index is 11.8. The second-order valence-corrected chi connectivity index (χ2v) is 7.04. The Hall–Kier alpha value is -1.05. The molecule has 0 aromatic heterocycles. The van der Waals surface area contributed by atoms with Gasteiger partial charge in [0.15, 0.2) is 9.84 Å². The molecule has 1 aromatic rings. The number of benzene rings is 1. The number of hydrogen-bond acceptors (Lipinski definition) is 3. The lowest BCUT2D eigenvalue weighted by Crippen LogP contribution is -2.12. The summed E-state index contributed by atoms with van der Waals surface area (Å²) in [6, 6.07) is 9.15. The van der Waals surface area contributed by atoms with Gasteiger partial charge >= 0.3 is 0 Å². The van der Waals surface area contributed by atoms with E-state index in [-0.39, 0.29) is 11.7 Å². The largest absolute Gasteiger partial charge is 0.228 e. The zero-order chi connectivity index (χ0) is 12.6. The number of nitriles is 1. The highest BCUT2D eigenvalue weighted by atomic mass is 35.5. The van der Waals surface area contributed by atoms with Crippen molar-refractivity contribution in [3.63, 3.8) is 0 Å². The fourth-order valence-corrected chi connectivity index (χ4v) is 4.13. The highest BCUT2D eigenvalue weighted by Gasteiger charge is 2.58. The fraction of sp³-hybridized carbons (Fsp3) is 0.417. The highest BCUT2D eigenvalue weighted by Crippen LogP contribution is 2.52. The first-order valence-corrected chi connectivity index (χ1v) is 7.47. The van der Waals surface area contributed by atoms with Crippen LogP contribution in [0.1, 0.15) is 18.4 Å². The lowest BCUT2D eigenvalue weighted by atomic mass is 10.1. The molecule has 1 fully saturated rings. The van der Waals surface area contributed by atoms with Crippen LogP contribution in [-0.2, 0) is 9.84 Å². The van der Waals surface area contributed by atoms with E-state index in [0.717, 1.165) is 5.56 Å². The Morgan fingerprint density at radius 2 is 2.18 bits per heavy atom. The molecule has 5 heteroatoms. The second kappa shape index (κ2) is 4.32. The topological polar surface area (TPSA) is 57.9 Å². The molecule has 3 nitrogen and oxygen atoms in total. The van der Waals surface area contributed by atoms with Gasteiger partial charge in [-0.05, 0) is 17.7 Å². The third-order valence-electron chi connectivity index (χ3n) is 3.15. The molecule has 0 unspecified atom stereocenters. The molecule has 1 saturated carbocycles. The summed E-state index contributed by atoms with van der Waals surface area (Å²) in [7, 11) is -3.16. The summed E-state index contributed by atoms with van der Waals surface area (Å²) in [5.74, 6) is -0.575. The Morgan fingerprint density at radius 1 is 1.47 bits per heavy atom. The maximum atomic E-state index is 11.8. The predicted molar refractivity (Wildman–Crippen MR) is 66.5 cm³/mol. The van der Waals surface area contributed by atoms with Crippen molar-refractivity contribution in [3.05, 3.63) is 34.9 Å². The van der Waals surface area contributed by atoms with Crippen LogP contribution in [0.4, 0.5) is 0 Å². The van der Waals surface area contributed by atoms with E-state index in [0.29, 0.717) is 5.02 Å². The van der Waals surface area contributed by atoms with Crippen LogP contribution in [0.25, 0.3) is 0 Å². The Kier molecular flexibility index (Phi) is 3.15. The van der Waals surface area contributed by atoms with E-state index in [1.807, 2.05) is 6.07 Å². The van der Waals surface area contributed by atoms with Crippen molar-refractivity contribution in [2.24, 2.45) is 5.92 Å². The van der Waals surface area contributed by atoms with Crippen LogP contribution in [0.15, 0.2) is 24.3 Å². The van der Waals surface area contributed by atoms with Gasteiger partial charge in [0.25, 0.3) is 0 Å². The van der Waals surface area contributed by atoms with E-state index in [2.05, 4.69) is 6.07 Å². The Bertz CT molecular complexity index is 576. The maximum Gasteiger partial charge on any atom is 0.154 e. The molecule has 1 aliphatic rings. The third-order valence-corrected chi connectivity index (χ3v) is 5.61. The fourth-order valence-electron chi connectivity index (χ4n) is 2.19. The number of halogens is 1. The van der Waals surface area contributed by atoms with Crippen molar-refractivity contribution in [1.29, 1.82) is 5.26 Å². The zero-order valence-corrected chi connectivity index (χ0v) is 10.9. The minimum atomic E-state index is -3.16. The van der Waals surface area contributed by atoms with Crippen LogP contribution in [0.3, 0.4) is 0 Å². The predicted octanol–water partition coefficient (Wildman–Crippen LogP) is 2.38. The van der Waals surface area contributed by atoms with Crippen molar-refractivity contribution in [2.75, 3.05) is 5.75 Å². The van der Waals surface area contributed by atoms with Crippen LogP contribution in [0.5, 0.6) is 0 Å². The van der Waals surface area contributed by atoms with Crippen LogP contribution in [0.2, 0.25) is 5.02 Å². The first-order valence-electron chi connectivity index (χ1n) is 5.38. The number of rotatable bonds is 3. The number of sulfone groups is 1. The molecule has 0 amide bonds. The van der Waals surface area contributed by atoms with Gasteiger partial charge in [-0.3, -0.25) is 0 Å². The quantitative estimate of drug-likeness (QED) is 0.846. The van der Waals surface area contributed by atoms with Crippen molar-refractivity contribution in [1.82, 2.24) is 0 Å². The van der Waals surface area contributed by atoms with Crippen molar-refractivity contribution in [3.8, 4) is 6.07 Å². The minimum absolute atomic E-state index is 0.0763. The van der Waals surface area contributed by atoms with Gasteiger partial charge in [-0.25, -0.2) is 8.42 Å². The van der Waals surface area contributed by atoms with E-state index in [9.17, 15) is 8.42 Å². The summed E-state index contributed by atoms with van der Waals surface area (Å²) in [4.78, 5) is 0. The summed E-state index contributed by atoms with van der Waals surface area (Å²) in [6.07, 6.45) is 0. The standard InChI is InChI=1S/C12H12ClNO2S/c1-2-17(15,16)12-10(7-14)11(12)8-4-3-5-9(13)6-8/h3-6,10-12H,2H2,1H3/t10-,11-,12-/m0/s1. The molecule has 0 saturated heterocycles. The smallest absolute Gasteiger partial charge is 0.154 e. The minimum Gasteiger partial charge on any atom is -0.228 e. The molecule has 0 radical (unpaired) electrons. The molecule has 0 bridgehead atoms. The summed E-state index contributed by atoms with van der Waals surface area (Å²) < 4.78 is 23.6. The number of hydrogen-bond donors (Lipinski definition) is 0. The molecule has 0 heterocycles. The summed E-state index contributed by atoms with van der Waals surface area (Å²) in [6.45, 7) is 1.61. The summed E-state index contributed by atoms with van der Waals surface area (Å²) >= 11 is 5.87. The normalized spacial score (nSPS) is 27.5. The number of nitrogens with zero attached hydrogens (tertiary/aromatic N) is 1. The van der Waals surface area contributed by atoms with E-state index >= 15 is 0 Å². The lowest BCUT2D eigenvalue weighted by Gasteiger charge is -2.00. The molecule has 1 aromatic carbocycles. The second-order valence-electron chi connectivity index (χ2n) is 4.15. The average molecular weight is 270 g/mol. The van der Waals surface area contributed by atoms with Gasteiger partial charge in [-0.1, -0.05) is 30.7 Å². The Morgan fingerprint density at radius 3 is 2.71 bits per heavy atom. The molecule has 3 atom stereocenters. The molecule has 1 aliphatic carbocycles. The first-order chi connectivity index (χ1) is 8.01. The van der Waals surface area contributed by atoms with E-state index < -0.39 is 21.0 Å².